The fraction of sp³-hybridized carbons (Fsp3) is 0.333. The summed E-state index contributed by atoms with van der Waals surface area (Å²) in [4.78, 5) is 2.19. The molecule has 0 amide bonds. The fourth-order valence-corrected chi connectivity index (χ4v) is 2.57. The summed E-state index contributed by atoms with van der Waals surface area (Å²) in [5, 5.41) is 3.17. The van der Waals surface area contributed by atoms with Crippen molar-refractivity contribution in [3.8, 4) is 11.1 Å². The maximum absolute atomic E-state index is 4.22. The van der Waals surface area contributed by atoms with Crippen LogP contribution < -0.4 is 5.32 Å². The number of nitrogens with zero attached hydrogens (tertiary/aromatic N) is 1. The highest BCUT2D eigenvalue weighted by molar-refractivity contribution is 5.69. The van der Waals surface area contributed by atoms with Crippen LogP contribution in [0.5, 0.6) is 0 Å². The molecule has 0 spiro atoms. The third-order valence-corrected chi connectivity index (χ3v) is 4.26. The SMILES string of the molecule is C=C(c1ccc(-c2cccc(C(C)C)c2)cc1)N(C)CCNC. The summed E-state index contributed by atoms with van der Waals surface area (Å²) in [6, 6.07) is 17.5. The lowest BCUT2D eigenvalue weighted by atomic mass is 9.97. The van der Waals surface area contributed by atoms with Crippen LogP contribution in [-0.4, -0.2) is 32.1 Å². The first kappa shape index (κ1) is 17.3. The smallest absolute Gasteiger partial charge is 0.0364 e. The monoisotopic (exact) mass is 308 g/mol. The van der Waals surface area contributed by atoms with Gasteiger partial charge in [0.15, 0.2) is 0 Å². The van der Waals surface area contributed by atoms with Crippen LogP contribution in [0.25, 0.3) is 16.8 Å². The van der Waals surface area contributed by atoms with E-state index in [9.17, 15) is 0 Å². The highest BCUT2D eigenvalue weighted by Gasteiger charge is 2.06. The molecule has 0 fully saturated rings. The predicted molar refractivity (Wildman–Crippen MR) is 102 cm³/mol. The van der Waals surface area contributed by atoms with Crippen molar-refractivity contribution in [2.24, 2.45) is 0 Å². The zero-order valence-corrected chi connectivity index (χ0v) is 14.8. The van der Waals surface area contributed by atoms with E-state index in [-0.39, 0.29) is 0 Å². The Balaban J connectivity index is 2.16. The van der Waals surface area contributed by atoms with Crippen LogP contribution in [0.1, 0.15) is 30.9 Å². The number of hydrogen-bond donors (Lipinski definition) is 1. The second-order valence-electron chi connectivity index (χ2n) is 6.33. The molecule has 0 aromatic heterocycles. The average molecular weight is 308 g/mol. The molecule has 0 atom stereocenters. The van der Waals surface area contributed by atoms with Crippen molar-refractivity contribution in [2.45, 2.75) is 19.8 Å². The molecule has 0 aliphatic carbocycles. The van der Waals surface area contributed by atoms with Crippen LogP contribution in [-0.2, 0) is 0 Å². The van der Waals surface area contributed by atoms with E-state index >= 15 is 0 Å². The van der Waals surface area contributed by atoms with E-state index in [4.69, 9.17) is 0 Å². The van der Waals surface area contributed by atoms with E-state index in [0.717, 1.165) is 18.8 Å². The van der Waals surface area contributed by atoms with Crippen molar-refractivity contribution in [2.75, 3.05) is 27.2 Å². The van der Waals surface area contributed by atoms with Gasteiger partial charge in [0, 0.05) is 25.8 Å². The molecule has 0 unspecified atom stereocenters. The molecular formula is C21H28N2. The lowest BCUT2D eigenvalue weighted by Gasteiger charge is -2.22. The molecule has 1 N–H and O–H groups in total. The lowest BCUT2D eigenvalue weighted by Crippen LogP contribution is -2.25. The van der Waals surface area contributed by atoms with E-state index < -0.39 is 0 Å². The Bertz CT molecular complexity index is 641. The molecule has 0 aliphatic rings. The molecular weight excluding hydrogens is 280 g/mol. The van der Waals surface area contributed by atoms with Gasteiger partial charge >= 0.3 is 0 Å². The first-order valence-electron chi connectivity index (χ1n) is 8.28. The van der Waals surface area contributed by atoms with Gasteiger partial charge in [-0.3, -0.25) is 0 Å². The zero-order chi connectivity index (χ0) is 16.8. The van der Waals surface area contributed by atoms with Gasteiger partial charge in [-0.05, 0) is 35.2 Å². The third kappa shape index (κ3) is 4.46. The number of likely N-dealkylation sites (N-methyl/N-ethyl adjacent to an activating group) is 2. The maximum atomic E-state index is 4.22. The minimum atomic E-state index is 0.551. The van der Waals surface area contributed by atoms with Gasteiger partial charge in [0.2, 0.25) is 0 Å². The van der Waals surface area contributed by atoms with Crippen LogP contribution in [0.3, 0.4) is 0 Å². The third-order valence-electron chi connectivity index (χ3n) is 4.26. The predicted octanol–water partition coefficient (Wildman–Crippen LogP) is 4.60. The molecule has 0 heterocycles. The Hall–Kier alpha value is -2.06. The highest BCUT2D eigenvalue weighted by atomic mass is 15.1. The number of hydrogen-bond acceptors (Lipinski definition) is 2. The van der Waals surface area contributed by atoms with Gasteiger partial charge in [-0.25, -0.2) is 0 Å². The Morgan fingerprint density at radius 1 is 1.09 bits per heavy atom. The summed E-state index contributed by atoms with van der Waals surface area (Å²) >= 11 is 0. The quantitative estimate of drug-likeness (QED) is 0.804. The second kappa shape index (κ2) is 7.98. The highest BCUT2D eigenvalue weighted by Crippen LogP contribution is 2.26. The molecule has 122 valence electrons. The summed E-state index contributed by atoms with van der Waals surface area (Å²) in [5.41, 5.74) is 6.14. The summed E-state index contributed by atoms with van der Waals surface area (Å²) in [6.45, 7) is 10.6. The van der Waals surface area contributed by atoms with Crippen molar-refractivity contribution in [3.63, 3.8) is 0 Å². The average Bonchev–Trinajstić information content (AvgIpc) is 2.59. The molecule has 2 rings (SSSR count). The molecule has 2 nitrogen and oxygen atoms in total. The number of nitrogens with one attached hydrogen (secondary N) is 1. The molecule has 23 heavy (non-hydrogen) atoms. The van der Waals surface area contributed by atoms with Gasteiger partial charge in [0.25, 0.3) is 0 Å². The van der Waals surface area contributed by atoms with E-state index in [1.165, 1.54) is 22.3 Å². The number of benzene rings is 2. The Morgan fingerprint density at radius 3 is 2.39 bits per heavy atom. The summed E-state index contributed by atoms with van der Waals surface area (Å²) < 4.78 is 0. The molecule has 0 bridgehead atoms. The fourth-order valence-electron chi connectivity index (χ4n) is 2.57. The van der Waals surface area contributed by atoms with Crippen LogP contribution in [0.4, 0.5) is 0 Å². The Labute approximate surface area is 140 Å². The van der Waals surface area contributed by atoms with E-state index in [1.54, 1.807) is 0 Å². The van der Waals surface area contributed by atoms with Gasteiger partial charge in [0.05, 0.1) is 0 Å². The molecule has 0 saturated carbocycles. The van der Waals surface area contributed by atoms with Crippen LogP contribution in [0.15, 0.2) is 55.1 Å². The van der Waals surface area contributed by atoms with Crippen molar-refractivity contribution in [3.05, 3.63) is 66.2 Å². The van der Waals surface area contributed by atoms with E-state index in [2.05, 4.69) is 86.2 Å². The zero-order valence-electron chi connectivity index (χ0n) is 14.8. The van der Waals surface area contributed by atoms with Crippen LogP contribution in [0, 0.1) is 0 Å². The Kier molecular flexibility index (Phi) is 6.00. The first-order chi connectivity index (χ1) is 11.0. The summed E-state index contributed by atoms with van der Waals surface area (Å²) in [7, 11) is 4.05. The van der Waals surface area contributed by atoms with E-state index in [1.807, 2.05) is 7.05 Å². The molecule has 0 saturated heterocycles. The van der Waals surface area contributed by atoms with Gasteiger partial charge in [-0.15, -0.1) is 0 Å². The molecule has 0 radical (unpaired) electrons. The van der Waals surface area contributed by atoms with Gasteiger partial charge in [-0.2, -0.15) is 0 Å². The molecule has 2 heteroatoms. The maximum Gasteiger partial charge on any atom is 0.0364 e. The topological polar surface area (TPSA) is 15.3 Å². The molecule has 2 aromatic carbocycles. The Morgan fingerprint density at radius 2 is 1.78 bits per heavy atom. The van der Waals surface area contributed by atoms with Crippen molar-refractivity contribution >= 4 is 5.70 Å². The second-order valence-corrected chi connectivity index (χ2v) is 6.33. The standard InChI is InChI=1S/C21H28N2/c1-16(2)20-7-6-8-21(15-20)19-11-9-18(10-12-19)17(3)23(5)14-13-22-4/h6-12,15-16,22H,3,13-14H2,1-2,4-5H3. The number of rotatable bonds is 7. The van der Waals surface area contributed by atoms with Gasteiger partial charge in [-0.1, -0.05) is 69.0 Å². The van der Waals surface area contributed by atoms with Gasteiger partial charge in [0.1, 0.15) is 0 Å². The summed E-state index contributed by atoms with van der Waals surface area (Å²) in [6.07, 6.45) is 0. The molecule has 0 aliphatic heterocycles. The van der Waals surface area contributed by atoms with E-state index in [0.29, 0.717) is 5.92 Å². The molecule has 2 aromatic rings. The minimum Gasteiger partial charge on any atom is -0.373 e. The van der Waals surface area contributed by atoms with Crippen molar-refractivity contribution in [1.29, 1.82) is 0 Å². The van der Waals surface area contributed by atoms with Crippen LogP contribution >= 0.6 is 0 Å². The van der Waals surface area contributed by atoms with Crippen molar-refractivity contribution < 1.29 is 0 Å². The first-order valence-corrected chi connectivity index (χ1v) is 8.28. The normalized spacial score (nSPS) is 10.8. The van der Waals surface area contributed by atoms with Crippen LogP contribution in [0.2, 0.25) is 0 Å². The summed E-state index contributed by atoms with van der Waals surface area (Å²) in [5.74, 6) is 0.551. The van der Waals surface area contributed by atoms with Gasteiger partial charge < -0.3 is 10.2 Å². The largest absolute Gasteiger partial charge is 0.373 e. The van der Waals surface area contributed by atoms with Crippen molar-refractivity contribution in [1.82, 2.24) is 10.2 Å². The minimum absolute atomic E-state index is 0.551. The lowest BCUT2D eigenvalue weighted by molar-refractivity contribution is 0.474.